The Morgan fingerprint density at radius 1 is 0.923 bits per heavy atom. The van der Waals surface area contributed by atoms with Gasteiger partial charge in [-0.3, -0.25) is 9.59 Å². The summed E-state index contributed by atoms with van der Waals surface area (Å²) in [4.78, 5) is 24.7. The molecule has 4 heteroatoms. The highest BCUT2D eigenvalue weighted by molar-refractivity contribution is 6.04. The number of pyridine rings is 1. The zero-order valence-corrected chi connectivity index (χ0v) is 15.2. The summed E-state index contributed by atoms with van der Waals surface area (Å²) in [5.74, 6) is -0.229. The number of hydrogen-bond donors (Lipinski definition) is 1. The first-order valence-electron chi connectivity index (χ1n) is 8.56. The lowest BCUT2D eigenvalue weighted by molar-refractivity contribution is 0.102. The maximum absolute atomic E-state index is 12.6. The van der Waals surface area contributed by atoms with Gasteiger partial charge in [-0.05, 0) is 55.7 Å². The molecule has 3 aromatic rings. The Hall–Kier alpha value is -3.14. The molecule has 0 bridgehead atoms. The van der Waals surface area contributed by atoms with Crippen molar-refractivity contribution in [2.45, 2.75) is 27.3 Å². The largest absolute Gasteiger partial charge is 0.322 e. The Morgan fingerprint density at radius 3 is 2.35 bits per heavy atom. The molecule has 1 amide bonds. The minimum Gasteiger partial charge on any atom is -0.322 e. The van der Waals surface area contributed by atoms with E-state index in [1.165, 1.54) is 6.07 Å². The van der Waals surface area contributed by atoms with Gasteiger partial charge in [-0.1, -0.05) is 35.9 Å². The summed E-state index contributed by atoms with van der Waals surface area (Å²) < 4.78 is 1.56. The van der Waals surface area contributed by atoms with E-state index in [2.05, 4.69) is 11.4 Å². The molecule has 0 unspecified atom stereocenters. The molecule has 0 aliphatic carbocycles. The van der Waals surface area contributed by atoms with Crippen molar-refractivity contribution in [1.29, 1.82) is 0 Å². The molecular formula is C22H22N2O2. The van der Waals surface area contributed by atoms with Crippen molar-refractivity contribution in [3.63, 3.8) is 0 Å². The van der Waals surface area contributed by atoms with Crippen molar-refractivity contribution in [1.82, 2.24) is 4.57 Å². The van der Waals surface area contributed by atoms with Crippen molar-refractivity contribution >= 4 is 11.6 Å². The Morgan fingerprint density at radius 2 is 1.65 bits per heavy atom. The molecule has 0 radical (unpaired) electrons. The third-order valence-corrected chi connectivity index (χ3v) is 4.16. The number of nitrogens with one attached hydrogen (secondary N) is 1. The molecule has 3 rings (SSSR count). The number of carbonyl (C=O) groups excluding carboxylic acids is 1. The summed E-state index contributed by atoms with van der Waals surface area (Å²) in [5.41, 5.74) is 5.42. The number of amides is 1. The van der Waals surface area contributed by atoms with Gasteiger partial charge in [0.25, 0.3) is 11.5 Å². The monoisotopic (exact) mass is 346 g/mol. The van der Waals surface area contributed by atoms with Crippen molar-refractivity contribution in [2.75, 3.05) is 5.32 Å². The van der Waals surface area contributed by atoms with Crippen molar-refractivity contribution < 1.29 is 4.79 Å². The lowest BCUT2D eigenvalue weighted by atomic mass is 10.1. The Labute approximate surface area is 153 Å². The second kappa shape index (κ2) is 7.40. The number of carbonyl (C=O) groups is 1. The molecule has 0 atom stereocenters. The predicted octanol–water partition coefficient (Wildman–Crippen LogP) is 4.07. The highest BCUT2D eigenvalue weighted by Gasteiger charge is 2.09. The van der Waals surface area contributed by atoms with Gasteiger partial charge in [0, 0.05) is 18.0 Å². The summed E-state index contributed by atoms with van der Waals surface area (Å²) in [6.07, 6.45) is 1.61. The number of nitrogens with zero attached hydrogens (tertiary/aromatic N) is 1. The quantitative estimate of drug-likeness (QED) is 0.774. The van der Waals surface area contributed by atoms with Gasteiger partial charge in [0.15, 0.2) is 0 Å². The number of benzene rings is 2. The highest BCUT2D eigenvalue weighted by Crippen LogP contribution is 2.15. The van der Waals surface area contributed by atoms with E-state index in [9.17, 15) is 9.59 Å². The Balaban J connectivity index is 1.84. The van der Waals surface area contributed by atoms with Crippen LogP contribution < -0.4 is 10.9 Å². The fraction of sp³-hybridized carbons (Fsp3) is 0.182. The van der Waals surface area contributed by atoms with Crippen LogP contribution in [0.25, 0.3) is 0 Å². The lowest BCUT2D eigenvalue weighted by Gasteiger charge is -2.10. The first-order chi connectivity index (χ1) is 12.4. The third-order valence-electron chi connectivity index (χ3n) is 4.16. The van der Waals surface area contributed by atoms with Crippen LogP contribution in [0.3, 0.4) is 0 Å². The van der Waals surface area contributed by atoms with Gasteiger partial charge in [0.2, 0.25) is 0 Å². The first kappa shape index (κ1) is 17.7. The standard InChI is InChI=1S/C22H22N2O2/c1-15-5-4-6-18(10-15)13-24-14-19(7-8-21(24)25)22(26)23-20-11-16(2)9-17(3)12-20/h4-12,14H,13H2,1-3H3,(H,23,26). The summed E-state index contributed by atoms with van der Waals surface area (Å²) in [7, 11) is 0. The molecular weight excluding hydrogens is 324 g/mol. The molecule has 132 valence electrons. The van der Waals surface area contributed by atoms with E-state index in [1.807, 2.05) is 57.2 Å². The molecule has 26 heavy (non-hydrogen) atoms. The van der Waals surface area contributed by atoms with Crippen LogP contribution in [0.1, 0.15) is 32.6 Å². The zero-order valence-electron chi connectivity index (χ0n) is 15.2. The maximum Gasteiger partial charge on any atom is 0.257 e. The topological polar surface area (TPSA) is 51.1 Å². The first-order valence-corrected chi connectivity index (χ1v) is 8.56. The number of hydrogen-bond acceptors (Lipinski definition) is 2. The molecule has 0 saturated heterocycles. The van der Waals surface area contributed by atoms with Crippen LogP contribution in [0.15, 0.2) is 65.6 Å². The molecule has 1 heterocycles. The van der Waals surface area contributed by atoms with Crippen LogP contribution >= 0.6 is 0 Å². The fourth-order valence-electron chi connectivity index (χ4n) is 3.05. The Kier molecular flexibility index (Phi) is 5.03. The minimum atomic E-state index is -0.229. The number of anilines is 1. The van der Waals surface area contributed by atoms with E-state index >= 15 is 0 Å². The molecule has 0 fully saturated rings. The van der Waals surface area contributed by atoms with Crippen molar-refractivity contribution in [3.05, 3.63) is 99.0 Å². The van der Waals surface area contributed by atoms with E-state index in [-0.39, 0.29) is 11.5 Å². The van der Waals surface area contributed by atoms with Gasteiger partial charge in [0.1, 0.15) is 0 Å². The van der Waals surface area contributed by atoms with E-state index < -0.39 is 0 Å². The van der Waals surface area contributed by atoms with Gasteiger partial charge in [-0.2, -0.15) is 0 Å². The van der Waals surface area contributed by atoms with Crippen LogP contribution in [0.2, 0.25) is 0 Å². The normalized spacial score (nSPS) is 10.6. The van der Waals surface area contributed by atoms with Gasteiger partial charge < -0.3 is 9.88 Å². The van der Waals surface area contributed by atoms with E-state index in [0.29, 0.717) is 12.1 Å². The zero-order chi connectivity index (χ0) is 18.7. The van der Waals surface area contributed by atoms with Crippen LogP contribution in [0.4, 0.5) is 5.69 Å². The third kappa shape index (κ3) is 4.28. The summed E-state index contributed by atoms with van der Waals surface area (Å²) in [6, 6.07) is 16.9. The number of aryl methyl sites for hydroxylation is 3. The Bertz CT molecular complexity index is 998. The lowest BCUT2D eigenvalue weighted by Crippen LogP contribution is -2.22. The molecule has 0 saturated carbocycles. The predicted molar refractivity (Wildman–Crippen MR) is 105 cm³/mol. The van der Waals surface area contributed by atoms with E-state index in [0.717, 1.165) is 27.9 Å². The average Bonchev–Trinajstić information content (AvgIpc) is 2.56. The molecule has 0 aliphatic heterocycles. The summed E-state index contributed by atoms with van der Waals surface area (Å²) in [5, 5.41) is 2.91. The van der Waals surface area contributed by atoms with Crippen LogP contribution in [-0.2, 0) is 6.54 Å². The fourth-order valence-corrected chi connectivity index (χ4v) is 3.05. The molecule has 1 aromatic heterocycles. The molecule has 4 nitrogen and oxygen atoms in total. The molecule has 1 N–H and O–H groups in total. The van der Waals surface area contributed by atoms with Gasteiger partial charge >= 0.3 is 0 Å². The number of rotatable bonds is 4. The van der Waals surface area contributed by atoms with Gasteiger partial charge in [0.05, 0.1) is 12.1 Å². The van der Waals surface area contributed by atoms with Crippen LogP contribution in [-0.4, -0.2) is 10.5 Å². The number of aromatic nitrogens is 1. The summed E-state index contributed by atoms with van der Waals surface area (Å²) >= 11 is 0. The van der Waals surface area contributed by atoms with Crippen LogP contribution in [0, 0.1) is 20.8 Å². The SMILES string of the molecule is Cc1cccc(Cn2cc(C(=O)Nc3cc(C)cc(C)c3)ccc2=O)c1. The smallest absolute Gasteiger partial charge is 0.257 e. The van der Waals surface area contributed by atoms with Crippen molar-refractivity contribution in [2.24, 2.45) is 0 Å². The van der Waals surface area contributed by atoms with Crippen LogP contribution in [0.5, 0.6) is 0 Å². The van der Waals surface area contributed by atoms with Crippen molar-refractivity contribution in [3.8, 4) is 0 Å². The molecule has 2 aromatic carbocycles. The molecule has 0 aliphatic rings. The second-order valence-electron chi connectivity index (χ2n) is 6.70. The average molecular weight is 346 g/mol. The van der Waals surface area contributed by atoms with E-state index in [1.54, 1.807) is 16.8 Å². The maximum atomic E-state index is 12.6. The summed E-state index contributed by atoms with van der Waals surface area (Å²) in [6.45, 7) is 6.43. The minimum absolute atomic E-state index is 0.130. The molecule has 0 spiro atoms. The second-order valence-corrected chi connectivity index (χ2v) is 6.70. The van der Waals surface area contributed by atoms with Gasteiger partial charge in [-0.15, -0.1) is 0 Å². The highest BCUT2D eigenvalue weighted by atomic mass is 16.2. The van der Waals surface area contributed by atoms with E-state index in [4.69, 9.17) is 0 Å². The van der Waals surface area contributed by atoms with Gasteiger partial charge in [-0.25, -0.2) is 0 Å².